The van der Waals surface area contributed by atoms with Gasteiger partial charge in [0.15, 0.2) is 5.96 Å². The lowest BCUT2D eigenvalue weighted by Crippen LogP contribution is -2.41. The number of nitrogens with zero attached hydrogens (tertiary/aromatic N) is 1. The highest BCUT2D eigenvalue weighted by molar-refractivity contribution is 14.0. The molecule has 0 saturated carbocycles. The number of halogens is 2. The summed E-state index contributed by atoms with van der Waals surface area (Å²) in [5.74, 6) is -0.265. The van der Waals surface area contributed by atoms with Crippen molar-refractivity contribution in [3.8, 4) is 5.75 Å². The van der Waals surface area contributed by atoms with Crippen LogP contribution in [0.25, 0.3) is 0 Å². The van der Waals surface area contributed by atoms with Gasteiger partial charge in [0.05, 0.1) is 13.1 Å². The molecule has 2 amide bonds. The zero-order valence-corrected chi connectivity index (χ0v) is 19.7. The Balaban J connectivity index is 0.00000480. The molecule has 2 rings (SSSR count). The summed E-state index contributed by atoms with van der Waals surface area (Å²) in [5, 5.41) is 8.74. The topological polar surface area (TPSA) is 118 Å². The summed E-state index contributed by atoms with van der Waals surface area (Å²) in [6.45, 7) is 2.62. The third-order valence-electron chi connectivity index (χ3n) is 4.01. The van der Waals surface area contributed by atoms with Gasteiger partial charge in [-0.15, -0.1) is 24.0 Å². The van der Waals surface area contributed by atoms with Crippen LogP contribution in [0.4, 0.5) is 4.39 Å². The van der Waals surface area contributed by atoms with Gasteiger partial charge in [0.2, 0.25) is 5.91 Å². The number of aliphatic imine (C=N–C) groups is 1. The van der Waals surface area contributed by atoms with Crippen LogP contribution in [0, 0.1) is 5.82 Å². The molecule has 1 atom stereocenters. The predicted molar refractivity (Wildman–Crippen MR) is 128 cm³/mol. The Morgan fingerprint density at radius 3 is 2.45 bits per heavy atom. The molecule has 168 valence electrons. The van der Waals surface area contributed by atoms with Crippen molar-refractivity contribution in [3.63, 3.8) is 0 Å². The second kappa shape index (κ2) is 13.4. The van der Waals surface area contributed by atoms with E-state index in [0.717, 1.165) is 5.56 Å². The van der Waals surface area contributed by atoms with E-state index in [1.807, 2.05) is 6.92 Å². The Morgan fingerprint density at radius 1 is 1.13 bits per heavy atom. The van der Waals surface area contributed by atoms with Gasteiger partial charge in [-0.05, 0) is 36.8 Å². The number of benzene rings is 2. The second-order valence-electron chi connectivity index (χ2n) is 6.54. The van der Waals surface area contributed by atoms with Crippen molar-refractivity contribution >= 4 is 41.8 Å². The summed E-state index contributed by atoms with van der Waals surface area (Å²) >= 11 is 0. The van der Waals surface area contributed by atoms with Crippen LogP contribution in [0.2, 0.25) is 0 Å². The first kappa shape index (κ1) is 26.1. The quantitative estimate of drug-likeness (QED) is 0.219. The average Bonchev–Trinajstić information content (AvgIpc) is 2.72. The van der Waals surface area contributed by atoms with Gasteiger partial charge < -0.3 is 26.4 Å². The maximum atomic E-state index is 13.2. The summed E-state index contributed by atoms with van der Waals surface area (Å²) in [4.78, 5) is 26.8. The number of primary amides is 1. The number of carbonyl (C=O) groups is 2. The summed E-state index contributed by atoms with van der Waals surface area (Å²) in [6.07, 6.45) is -0.205. The fraction of sp³-hybridized carbons (Fsp3) is 0.286. The molecule has 8 nitrogen and oxygen atoms in total. The number of nitrogens with two attached hydrogens (primary N) is 1. The monoisotopic (exact) mass is 543 g/mol. The van der Waals surface area contributed by atoms with E-state index in [2.05, 4.69) is 20.9 Å². The number of amides is 2. The summed E-state index contributed by atoms with van der Waals surface area (Å²) in [6, 6.07) is 12.9. The van der Waals surface area contributed by atoms with Crippen LogP contribution in [0.3, 0.4) is 0 Å². The Bertz CT molecular complexity index is 893. The van der Waals surface area contributed by atoms with E-state index in [9.17, 15) is 14.0 Å². The van der Waals surface area contributed by atoms with Gasteiger partial charge in [-0.25, -0.2) is 4.39 Å². The van der Waals surface area contributed by atoms with Crippen LogP contribution >= 0.6 is 24.0 Å². The minimum absolute atomic E-state index is 0. The maximum Gasteiger partial charge on any atom is 0.251 e. The van der Waals surface area contributed by atoms with Crippen molar-refractivity contribution in [3.05, 3.63) is 65.5 Å². The molecule has 0 saturated heterocycles. The molecule has 0 aromatic heterocycles. The third kappa shape index (κ3) is 9.64. The van der Waals surface area contributed by atoms with Crippen LogP contribution in [0.15, 0.2) is 53.5 Å². The largest absolute Gasteiger partial charge is 0.489 e. The zero-order valence-electron chi connectivity index (χ0n) is 17.4. The number of guanidine groups is 1. The molecular formula is C21H27FIN5O3. The maximum absolute atomic E-state index is 13.2. The third-order valence-corrected chi connectivity index (χ3v) is 4.01. The molecule has 0 aliphatic carbocycles. The molecule has 0 radical (unpaired) electrons. The average molecular weight is 543 g/mol. The fourth-order valence-electron chi connectivity index (χ4n) is 2.50. The van der Waals surface area contributed by atoms with Crippen molar-refractivity contribution < 1.29 is 18.7 Å². The van der Waals surface area contributed by atoms with Crippen LogP contribution in [0.5, 0.6) is 5.75 Å². The molecule has 0 aliphatic heterocycles. The predicted octanol–water partition coefficient (Wildman–Crippen LogP) is 1.79. The van der Waals surface area contributed by atoms with Crippen LogP contribution in [0.1, 0.15) is 22.8 Å². The first-order valence-electron chi connectivity index (χ1n) is 9.39. The van der Waals surface area contributed by atoms with E-state index in [1.54, 1.807) is 43.4 Å². The molecule has 0 bridgehead atoms. The van der Waals surface area contributed by atoms with Gasteiger partial charge in [0, 0.05) is 25.2 Å². The number of carbonyl (C=O) groups excluding carboxylic acids is 2. The first-order chi connectivity index (χ1) is 14.4. The van der Waals surface area contributed by atoms with Crippen molar-refractivity contribution in [2.75, 3.05) is 20.1 Å². The van der Waals surface area contributed by atoms with E-state index >= 15 is 0 Å². The minimum Gasteiger partial charge on any atom is -0.489 e. The van der Waals surface area contributed by atoms with Crippen molar-refractivity contribution in [1.29, 1.82) is 0 Å². The molecule has 1 unspecified atom stereocenters. The Labute approximate surface area is 197 Å². The molecule has 0 heterocycles. The normalized spacial score (nSPS) is 11.6. The van der Waals surface area contributed by atoms with Gasteiger partial charge in [0.25, 0.3) is 5.91 Å². The van der Waals surface area contributed by atoms with E-state index in [1.165, 1.54) is 12.1 Å². The Hall–Kier alpha value is -2.89. The lowest BCUT2D eigenvalue weighted by atomic mass is 10.1. The molecule has 31 heavy (non-hydrogen) atoms. The lowest BCUT2D eigenvalue weighted by molar-refractivity contribution is -0.117. The molecular weight excluding hydrogens is 516 g/mol. The molecule has 10 heteroatoms. The highest BCUT2D eigenvalue weighted by atomic mass is 127. The molecule has 2 aromatic carbocycles. The highest BCUT2D eigenvalue weighted by Gasteiger charge is 2.08. The molecule has 2 aromatic rings. The number of ether oxygens (including phenoxy) is 1. The van der Waals surface area contributed by atoms with Gasteiger partial charge in [-0.1, -0.05) is 18.2 Å². The van der Waals surface area contributed by atoms with Gasteiger partial charge >= 0.3 is 0 Å². The first-order valence-corrected chi connectivity index (χ1v) is 9.39. The lowest BCUT2D eigenvalue weighted by Gasteiger charge is -2.18. The van der Waals surface area contributed by atoms with Crippen LogP contribution in [-0.2, 0) is 11.3 Å². The van der Waals surface area contributed by atoms with Crippen LogP contribution in [-0.4, -0.2) is 44.0 Å². The number of nitrogens with one attached hydrogen (secondary N) is 3. The number of hydrogen-bond donors (Lipinski definition) is 4. The zero-order chi connectivity index (χ0) is 21.9. The Morgan fingerprint density at radius 2 is 1.84 bits per heavy atom. The van der Waals surface area contributed by atoms with Gasteiger partial charge in [-0.3, -0.25) is 14.6 Å². The molecule has 0 spiro atoms. The molecule has 0 fully saturated rings. The SMILES string of the molecule is CN=C(NCc1ccc(C(=O)NCC(N)=O)cc1)NCC(C)Oc1cccc(F)c1.I. The number of rotatable bonds is 9. The van der Waals surface area contributed by atoms with E-state index in [0.29, 0.717) is 30.4 Å². The highest BCUT2D eigenvalue weighted by Crippen LogP contribution is 2.13. The Kier molecular flexibility index (Phi) is 11.3. The fourth-order valence-corrected chi connectivity index (χ4v) is 2.50. The molecule has 5 N–H and O–H groups in total. The number of hydrogen-bond acceptors (Lipinski definition) is 4. The van der Waals surface area contributed by atoms with Crippen molar-refractivity contribution in [2.45, 2.75) is 19.6 Å². The van der Waals surface area contributed by atoms with Gasteiger partial charge in [0.1, 0.15) is 17.7 Å². The summed E-state index contributed by atoms with van der Waals surface area (Å²) in [7, 11) is 1.65. The summed E-state index contributed by atoms with van der Waals surface area (Å²) in [5.41, 5.74) is 6.38. The van der Waals surface area contributed by atoms with Crippen molar-refractivity contribution in [2.24, 2.45) is 10.7 Å². The second-order valence-corrected chi connectivity index (χ2v) is 6.54. The molecule has 0 aliphatic rings. The van der Waals surface area contributed by atoms with E-state index in [-0.39, 0.29) is 48.3 Å². The standard InChI is InChI=1S/C21H26FN5O3.HI/c1-14(30-18-5-3-4-17(22)10-18)11-26-21(24-2)27-12-15-6-8-16(9-7-15)20(29)25-13-19(23)28;/h3-10,14H,11-13H2,1-2H3,(H2,23,28)(H,25,29)(H2,24,26,27);1H. The van der Waals surface area contributed by atoms with Crippen LogP contribution < -0.4 is 26.4 Å². The summed E-state index contributed by atoms with van der Waals surface area (Å²) < 4.78 is 18.9. The van der Waals surface area contributed by atoms with Crippen molar-refractivity contribution in [1.82, 2.24) is 16.0 Å². The van der Waals surface area contributed by atoms with E-state index < -0.39 is 5.91 Å². The minimum atomic E-state index is -0.598. The van der Waals surface area contributed by atoms with E-state index in [4.69, 9.17) is 10.5 Å². The smallest absolute Gasteiger partial charge is 0.251 e. The van der Waals surface area contributed by atoms with Gasteiger partial charge in [-0.2, -0.15) is 0 Å².